The fourth-order valence-corrected chi connectivity index (χ4v) is 2.66. The van der Waals surface area contributed by atoms with Crippen LogP contribution in [0.25, 0.3) is 10.9 Å². The lowest BCUT2D eigenvalue weighted by atomic mass is 10.0. The Balaban J connectivity index is 2.41. The summed E-state index contributed by atoms with van der Waals surface area (Å²) in [7, 11) is 1.79. The van der Waals surface area contributed by atoms with Gasteiger partial charge in [0.25, 0.3) is 5.56 Å². The van der Waals surface area contributed by atoms with Gasteiger partial charge in [0.2, 0.25) is 0 Å². The van der Waals surface area contributed by atoms with E-state index in [4.69, 9.17) is 0 Å². The Bertz CT molecular complexity index is 674. The maximum atomic E-state index is 12.3. The molecule has 4 nitrogen and oxygen atoms in total. The first-order chi connectivity index (χ1) is 8.72. The minimum atomic E-state index is -0.00531. The molecule has 2 N–H and O–H groups in total. The molecule has 1 aromatic carbocycles. The Morgan fingerprint density at radius 2 is 2.28 bits per heavy atom. The van der Waals surface area contributed by atoms with Crippen LogP contribution < -0.4 is 10.9 Å². The number of pyridine rings is 1. The van der Waals surface area contributed by atoms with Crippen molar-refractivity contribution in [1.82, 2.24) is 4.57 Å². The van der Waals surface area contributed by atoms with Crippen molar-refractivity contribution >= 4 is 16.6 Å². The van der Waals surface area contributed by atoms with E-state index >= 15 is 0 Å². The van der Waals surface area contributed by atoms with Gasteiger partial charge in [-0.15, -0.1) is 0 Å². The van der Waals surface area contributed by atoms with Gasteiger partial charge >= 0.3 is 0 Å². The highest BCUT2D eigenvalue weighted by Crippen LogP contribution is 2.28. The third-order valence-electron chi connectivity index (χ3n) is 3.65. The number of aryl methyl sites for hydroxylation is 1. The molecule has 4 heteroatoms. The topological polar surface area (TPSA) is 54.3 Å². The number of anilines is 1. The summed E-state index contributed by atoms with van der Waals surface area (Å²) in [6.07, 6.45) is 1.84. The van der Waals surface area contributed by atoms with Crippen LogP contribution in [0.4, 0.5) is 5.69 Å². The van der Waals surface area contributed by atoms with Crippen LogP contribution in [-0.4, -0.2) is 16.2 Å². The zero-order valence-corrected chi connectivity index (χ0v) is 10.4. The highest BCUT2D eigenvalue weighted by Gasteiger charge is 2.17. The monoisotopic (exact) mass is 244 g/mol. The number of rotatable bonds is 1. The average molecular weight is 244 g/mol. The molecule has 0 spiro atoms. The third-order valence-corrected chi connectivity index (χ3v) is 3.65. The van der Waals surface area contributed by atoms with Gasteiger partial charge < -0.3 is 15.0 Å². The molecule has 18 heavy (non-hydrogen) atoms. The normalized spacial score (nSPS) is 14.3. The molecule has 1 aliphatic heterocycles. The minimum absolute atomic E-state index is 0.00531. The Kier molecular flexibility index (Phi) is 2.59. The van der Waals surface area contributed by atoms with Gasteiger partial charge in [-0.2, -0.15) is 0 Å². The number of nitrogens with zero attached hydrogens (tertiary/aromatic N) is 1. The third kappa shape index (κ3) is 1.53. The lowest BCUT2D eigenvalue weighted by Crippen LogP contribution is -2.27. The lowest BCUT2D eigenvalue weighted by Gasteiger charge is -2.21. The summed E-state index contributed by atoms with van der Waals surface area (Å²) >= 11 is 0. The van der Waals surface area contributed by atoms with Crippen LogP contribution in [0.1, 0.15) is 17.5 Å². The molecule has 0 radical (unpaired) electrons. The predicted octanol–water partition coefficient (Wildman–Crippen LogP) is 1.39. The van der Waals surface area contributed by atoms with Crippen LogP contribution in [0.15, 0.2) is 23.0 Å². The second kappa shape index (κ2) is 4.14. The van der Waals surface area contributed by atoms with Gasteiger partial charge in [0.05, 0.1) is 17.8 Å². The smallest absolute Gasteiger partial charge is 0.256 e. The van der Waals surface area contributed by atoms with Gasteiger partial charge in [0, 0.05) is 24.5 Å². The van der Waals surface area contributed by atoms with Crippen molar-refractivity contribution in [1.29, 1.82) is 0 Å². The van der Waals surface area contributed by atoms with Crippen LogP contribution in [0.5, 0.6) is 0 Å². The van der Waals surface area contributed by atoms with Gasteiger partial charge in [-0.25, -0.2) is 0 Å². The number of hydrogen-bond acceptors (Lipinski definition) is 3. The van der Waals surface area contributed by atoms with Crippen LogP contribution in [0.2, 0.25) is 0 Å². The van der Waals surface area contributed by atoms with E-state index in [-0.39, 0.29) is 12.2 Å². The number of hydrogen-bond donors (Lipinski definition) is 2. The summed E-state index contributed by atoms with van der Waals surface area (Å²) < 4.78 is 1.68. The first kappa shape index (κ1) is 11.3. The standard InChI is InChI=1S/C14H16N2O2/c1-16-12-7-9(8-17)4-5-10(12)13-11(14(16)18)3-2-6-15-13/h4-5,7,15,17H,2-3,6,8H2,1H3. The second-order valence-corrected chi connectivity index (χ2v) is 4.76. The zero-order chi connectivity index (χ0) is 12.7. The lowest BCUT2D eigenvalue weighted by molar-refractivity contribution is 0.282. The maximum absolute atomic E-state index is 12.3. The number of aromatic nitrogens is 1. The van der Waals surface area contributed by atoms with E-state index in [1.807, 2.05) is 18.2 Å². The number of aliphatic hydroxyl groups excluding tert-OH is 1. The van der Waals surface area contributed by atoms with E-state index in [2.05, 4.69) is 5.32 Å². The summed E-state index contributed by atoms with van der Waals surface area (Å²) in [5, 5.41) is 13.6. The molecule has 0 aliphatic carbocycles. The summed E-state index contributed by atoms with van der Waals surface area (Å²) in [5.41, 5.74) is 3.63. The van der Waals surface area contributed by atoms with Gasteiger partial charge in [-0.1, -0.05) is 12.1 Å². The first-order valence-corrected chi connectivity index (χ1v) is 6.21. The largest absolute Gasteiger partial charge is 0.392 e. The first-order valence-electron chi connectivity index (χ1n) is 6.21. The van der Waals surface area contributed by atoms with Crippen LogP contribution in [0.3, 0.4) is 0 Å². The van der Waals surface area contributed by atoms with Crippen molar-refractivity contribution in [3.8, 4) is 0 Å². The van der Waals surface area contributed by atoms with Gasteiger partial charge in [0.15, 0.2) is 0 Å². The summed E-state index contributed by atoms with van der Waals surface area (Å²) in [6, 6.07) is 5.77. The molecule has 0 atom stereocenters. The van der Waals surface area contributed by atoms with Crippen molar-refractivity contribution in [2.75, 3.05) is 11.9 Å². The molecule has 94 valence electrons. The SMILES string of the molecule is Cn1c(=O)c2c(c3ccc(CO)cc31)NCCC2. The predicted molar refractivity (Wildman–Crippen MR) is 71.9 cm³/mol. The van der Waals surface area contributed by atoms with E-state index in [1.54, 1.807) is 11.6 Å². The summed E-state index contributed by atoms with van der Waals surface area (Å²) in [4.78, 5) is 12.3. The highest BCUT2D eigenvalue weighted by molar-refractivity contribution is 5.93. The summed E-state index contributed by atoms with van der Waals surface area (Å²) in [6.45, 7) is 0.908. The maximum Gasteiger partial charge on any atom is 0.256 e. The van der Waals surface area contributed by atoms with Crippen LogP contribution in [0, 0.1) is 0 Å². The fraction of sp³-hybridized carbons (Fsp3) is 0.357. The van der Waals surface area contributed by atoms with Crippen molar-refractivity contribution in [2.45, 2.75) is 19.4 Å². The molecular weight excluding hydrogens is 228 g/mol. The average Bonchev–Trinajstić information content (AvgIpc) is 2.44. The molecule has 1 aliphatic rings. The molecule has 2 heterocycles. The quantitative estimate of drug-likeness (QED) is 0.797. The Morgan fingerprint density at radius 3 is 3.06 bits per heavy atom. The van der Waals surface area contributed by atoms with Crippen molar-refractivity contribution < 1.29 is 5.11 Å². The van der Waals surface area contributed by atoms with Crippen LogP contribution in [-0.2, 0) is 20.1 Å². The Labute approximate surface area is 105 Å². The molecule has 0 unspecified atom stereocenters. The molecule has 0 amide bonds. The van der Waals surface area contributed by atoms with Crippen molar-refractivity contribution in [3.05, 3.63) is 39.7 Å². The molecule has 2 aromatic rings. The van der Waals surface area contributed by atoms with E-state index in [0.717, 1.165) is 47.1 Å². The molecule has 3 rings (SSSR count). The van der Waals surface area contributed by atoms with Gasteiger partial charge in [-0.05, 0) is 24.5 Å². The van der Waals surface area contributed by atoms with E-state index < -0.39 is 0 Å². The number of nitrogens with one attached hydrogen (secondary N) is 1. The molecular formula is C14H16N2O2. The Hall–Kier alpha value is -1.81. The molecule has 1 aromatic heterocycles. The van der Waals surface area contributed by atoms with E-state index in [0.29, 0.717) is 0 Å². The highest BCUT2D eigenvalue weighted by atomic mass is 16.3. The van der Waals surface area contributed by atoms with E-state index in [1.165, 1.54) is 0 Å². The summed E-state index contributed by atoms with van der Waals surface area (Å²) in [5.74, 6) is 0. The van der Waals surface area contributed by atoms with E-state index in [9.17, 15) is 9.90 Å². The van der Waals surface area contributed by atoms with Crippen molar-refractivity contribution in [2.24, 2.45) is 7.05 Å². The van der Waals surface area contributed by atoms with Gasteiger partial charge in [0.1, 0.15) is 0 Å². The minimum Gasteiger partial charge on any atom is -0.392 e. The molecule has 0 fully saturated rings. The molecule has 0 bridgehead atoms. The fourth-order valence-electron chi connectivity index (χ4n) is 2.66. The molecule has 0 saturated carbocycles. The number of aliphatic hydroxyl groups is 1. The second-order valence-electron chi connectivity index (χ2n) is 4.76. The van der Waals surface area contributed by atoms with Crippen molar-refractivity contribution in [3.63, 3.8) is 0 Å². The molecule has 0 saturated heterocycles. The van der Waals surface area contributed by atoms with Crippen LogP contribution >= 0.6 is 0 Å². The van der Waals surface area contributed by atoms with Gasteiger partial charge in [-0.3, -0.25) is 4.79 Å². The zero-order valence-electron chi connectivity index (χ0n) is 10.4. The number of benzene rings is 1. The Morgan fingerprint density at radius 1 is 1.44 bits per heavy atom. The number of fused-ring (bicyclic) bond motifs is 3.